The van der Waals surface area contributed by atoms with Gasteiger partial charge in [0.1, 0.15) is 0 Å². The van der Waals surface area contributed by atoms with E-state index in [4.69, 9.17) is 5.11 Å². The summed E-state index contributed by atoms with van der Waals surface area (Å²) >= 11 is 0. The number of benzene rings is 1. The van der Waals surface area contributed by atoms with Crippen LogP contribution in [-0.2, 0) is 12.0 Å². The predicted octanol–water partition coefficient (Wildman–Crippen LogP) is 1.82. The van der Waals surface area contributed by atoms with Crippen molar-refractivity contribution in [3.05, 3.63) is 35.4 Å². The Bertz CT molecular complexity index is 363. The second kappa shape index (κ2) is 5.83. The molecule has 0 saturated carbocycles. The topological polar surface area (TPSA) is 52.5 Å². The molecule has 0 aliphatic rings. The average Bonchev–Trinajstić information content (AvgIpc) is 2.28. The summed E-state index contributed by atoms with van der Waals surface area (Å²) in [6, 6.07) is 8.48. The molecule has 1 atom stereocenters. The van der Waals surface area contributed by atoms with E-state index in [2.05, 4.69) is 50.4 Å². The molecule has 18 heavy (non-hydrogen) atoms. The maximum absolute atomic E-state index is 9.64. The smallest absolute Gasteiger partial charge is 0.0972 e. The first-order valence-corrected chi connectivity index (χ1v) is 6.38. The van der Waals surface area contributed by atoms with Gasteiger partial charge in [0.25, 0.3) is 0 Å². The molecule has 0 aromatic heterocycles. The molecule has 102 valence electrons. The van der Waals surface area contributed by atoms with Gasteiger partial charge in [-0.2, -0.15) is 0 Å². The number of rotatable bonds is 5. The van der Waals surface area contributed by atoms with Gasteiger partial charge in [0, 0.05) is 13.1 Å². The van der Waals surface area contributed by atoms with E-state index in [1.807, 2.05) is 0 Å². The van der Waals surface area contributed by atoms with Crippen LogP contribution in [0.1, 0.15) is 38.8 Å². The van der Waals surface area contributed by atoms with Gasteiger partial charge in [0.2, 0.25) is 0 Å². The zero-order chi connectivity index (χ0) is 13.8. The third-order valence-corrected chi connectivity index (χ3v) is 3.00. The van der Waals surface area contributed by atoms with Gasteiger partial charge in [-0.25, -0.2) is 0 Å². The van der Waals surface area contributed by atoms with Gasteiger partial charge in [-0.05, 0) is 23.5 Å². The van der Waals surface area contributed by atoms with Gasteiger partial charge < -0.3 is 15.5 Å². The Morgan fingerprint density at radius 2 is 1.61 bits per heavy atom. The van der Waals surface area contributed by atoms with Crippen molar-refractivity contribution in [2.45, 2.75) is 45.3 Å². The molecule has 1 rings (SSSR count). The number of hydrogen-bond acceptors (Lipinski definition) is 3. The van der Waals surface area contributed by atoms with Gasteiger partial charge in [-0.15, -0.1) is 0 Å². The minimum atomic E-state index is -1.05. The Morgan fingerprint density at radius 1 is 1.06 bits per heavy atom. The van der Waals surface area contributed by atoms with E-state index in [9.17, 15) is 5.11 Å². The molecule has 0 saturated heterocycles. The van der Waals surface area contributed by atoms with Gasteiger partial charge >= 0.3 is 0 Å². The van der Waals surface area contributed by atoms with E-state index in [1.54, 1.807) is 6.92 Å². The molecule has 1 aromatic rings. The highest BCUT2D eigenvalue weighted by Crippen LogP contribution is 2.22. The lowest BCUT2D eigenvalue weighted by molar-refractivity contribution is 0.00254. The van der Waals surface area contributed by atoms with Crippen molar-refractivity contribution in [3.8, 4) is 0 Å². The summed E-state index contributed by atoms with van der Waals surface area (Å²) in [5, 5.41) is 21.7. The monoisotopic (exact) mass is 251 g/mol. The third kappa shape index (κ3) is 4.77. The summed E-state index contributed by atoms with van der Waals surface area (Å²) in [5.74, 6) is 0. The van der Waals surface area contributed by atoms with Crippen molar-refractivity contribution < 1.29 is 10.2 Å². The van der Waals surface area contributed by atoms with Crippen LogP contribution in [0, 0.1) is 0 Å². The molecular weight excluding hydrogens is 226 g/mol. The molecule has 0 bridgehead atoms. The fourth-order valence-electron chi connectivity index (χ4n) is 1.65. The second-order valence-corrected chi connectivity index (χ2v) is 6.21. The fraction of sp³-hybridized carbons (Fsp3) is 0.600. The Hall–Kier alpha value is -0.900. The lowest BCUT2D eigenvalue weighted by atomic mass is 9.87. The normalized spacial score (nSPS) is 15.4. The Morgan fingerprint density at radius 3 is 2.06 bits per heavy atom. The zero-order valence-corrected chi connectivity index (χ0v) is 11.8. The Balaban J connectivity index is 2.50. The van der Waals surface area contributed by atoms with E-state index in [-0.39, 0.29) is 12.0 Å². The quantitative estimate of drug-likeness (QED) is 0.748. The average molecular weight is 251 g/mol. The van der Waals surface area contributed by atoms with E-state index >= 15 is 0 Å². The van der Waals surface area contributed by atoms with Crippen LogP contribution < -0.4 is 5.32 Å². The number of hydrogen-bond donors (Lipinski definition) is 3. The molecule has 1 unspecified atom stereocenters. The van der Waals surface area contributed by atoms with E-state index in [0.29, 0.717) is 13.1 Å². The van der Waals surface area contributed by atoms with Gasteiger partial charge in [0.05, 0.1) is 12.2 Å². The van der Waals surface area contributed by atoms with Crippen LogP contribution in [0.25, 0.3) is 0 Å². The van der Waals surface area contributed by atoms with Gasteiger partial charge in [0.15, 0.2) is 0 Å². The van der Waals surface area contributed by atoms with E-state index in [1.165, 1.54) is 11.1 Å². The summed E-state index contributed by atoms with van der Waals surface area (Å²) in [4.78, 5) is 0. The lowest BCUT2D eigenvalue weighted by Gasteiger charge is -2.21. The van der Waals surface area contributed by atoms with Crippen LogP contribution >= 0.6 is 0 Å². The molecule has 0 aliphatic carbocycles. The molecule has 3 nitrogen and oxygen atoms in total. The minimum Gasteiger partial charge on any atom is -0.393 e. The SMILES string of the molecule is CC(O)(CO)CNCc1ccc(C(C)(C)C)cc1. The molecule has 0 aliphatic heterocycles. The lowest BCUT2D eigenvalue weighted by Crippen LogP contribution is -2.40. The Kier molecular flexibility index (Phi) is 4.91. The van der Waals surface area contributed by atoms with Gasteiger partial charge in [-0.1, -0.05) is 45.0 Å². The molecular formula is C15H25NO2. The molecule has 0 heterocycles. The summed E-state index contributed by atoms with van der Waals surface area (Å²) in [6.07, 6.45) is 0. The largest absolute Gasteiger partial charge is 0.393 e. The molecule has 3 heteroatoms. The maximum atomic E-state index is 9.64. The predicted molar refractivity (Wildman–Crippen MR) is 74.6 cm³/mol. The highest BCUT2D eigenvalue weighted by Gasteiger charge is 2.18. The minimum absolute atomic E-state index is 0.173. The molecule has 0 amide bonds. The Labute approximate surface area is 110 Å². The molecule has 3 N–H and O–H groups in total. The molecule has 0 radical (unpaired) electrons. The van der Waals surface area contributed by atoms with Crippen LogP contribution in [0.4, 0.5) is 0 Å². The third-order valence-electron chi connectivity index (χ3n) is 3.00. The second-order valence-electron chi connectivity index (χ2n) is 6.21. The van der Waals surface area contributed by atoms with Crippen molar-refractivity contribution in [2.24, 2.45) is 0 Å². The van der Waals surface area contributed by atoms with Crippen LogP contribution in [-0.4, -0.2) is 29.0 Å². The first kappa shape index (κ1) is 15.2. The number of aliphatic hydroxyl groups excluding tert-OH is 1. The highest BCUT2D eigenvalue weighted by molar-refractivity contribution is 5.27. The summed E-state index contributed by atoms with van der Waals surface area (Å²) in [7, 11) is 0. The standard InChI is InChI=1S/C15H25NO2/c1-14(2,3)13-7-5-12(6-8-13)9-16-10-15(4,18)11-17/h5-8,16-18H,9-11H2,1-4H3. The first-order chi connectivity index (χ1) is 8.24. The summed E-state index contributed by atoms with van der Waals surface area (Å²) < 4.78 is 0. The van der Waals surface area contributed by atoms with Crippen molar-refractivity contribution in [1.82, 2.24) is 5.32 Å². The van der Waals surface area contributed by atoms with Crippen molar-refractivity contribution in [3.63, 3.8) is 0 Å². The van der Waals surface area contributed by atoms with Crippen molar-refractivity contribution in [2.75, 3.05) is 13.2 Å². The van der Waals surface area contributed by atoms with Gasteiger partial charge in [-0.3, -0.25) is 0 Å². The molecule has 0 fully saturated rings. The molecule has 0 spiro atoms. The fourth-order valence-corrected chi connectivity index (χ4v) is 1.65. The zero-order valence-electron chi connectivity index (χ0n) is 11.8. The maximum Gasteiger partial charge on any atom is 0.0972 e. The van der Waals surface area contributed by atoms with Crippen LogP contribution in [0.3, 0.4) is 0 Å². The number of aliphatic hydroxyl groups is 2. The summed E-state index contributed by atoms with van der Waals surface area (Å²) in [5.41, 5.74) is 1.61. The number of nitrogens with one attached hydrogen (secondary N) is 1. The van der Waals surface area contributed by atoms with E-state index < -0.39 is 5.60 Å². The first-order valence-electron chi connectivity index (χ1n) is 6.38. The summed E-state index contributed by atoms with van der Waals surface area (Å²) in [6.45, 7) is 9.03. The van der Waals surface area contributed by atoms with Crippen LogP contribution in [0.2, 0.25) is 0 Å². The van der Waals surface area contributed by atoms with Crippen molar-refractivity contribution in [1.29, 1.82) is 0 Å². The molecule has 1 aromatic carbocycles. The van der Waals surface area contributed by atoms with Crippen molar-refractivity contribution >= 4 is 0 Å². The van der Waals surface area contributed by atoms with E-state index in [0.717, 1.165) is 0 Å². The highest BCUT2D eigenvalue weighted by atomic mass is 16.3. The van der Waals surface area contributed by atoms with Crippen LogP contribution in [0.15, 0.2) is 24.3 Å². The van der Waals surface area contributed by atoms with Crippen LogP contribution in [0.5, 0.6) is 0 Å².